The minimum Gasteiger partial charge on any atom is -0.497 e. The Balaban J connectivity index is 2.06. The lowest BCUT2D eigenvalue weighted by Gasteiger charge is -2.33. The lowest BCUT2D eigenvalue weighted by Crippen LogP contribution is -2.52. The predicted molar refractivity (Wildman–Crippen MR) is 168 cm³/mol. The van der Waals surface area contributed by atoms with Crippen molar-refractivity contribution in [1.29, 1.82) is 0 Å². The minimum atomic E-state index is -4.19. The molecule has 1 N–H and O–H groups in total. The standard InChI is InChI=1S/C31H37Cl2N3O5S/c1-6-29(31(38)34-18-21(2)3)35(19-23-9-16-27(32)28(33)17-23)30(37)20-36(24-10-7-22(4)8-11-24)42(39,40)26-14-12-25(41-5)13-15-26/h7-17,21,29H,6,18-20H2,1-5H3,(H,34,38)/t29-/m1/s1. The first kappa shape index (κ1) is 33.2. The van der Waals surface area contributed by atoms with Gasteiger partial charge in [0.1, 0.15) is 18.3 Å². The number of aryl methyl sites for hydroxylation is 1. The number of carbonyl (C=O) groups is 2. The number of nitrogens with zero attached hydrogens (tertiary/aromatic N) is 2. The maximum absolute atomic E-state index is 14.1. The van der Waals surface area contributed by atoms with Gasteiger partial charge in [0.05, 0.1) is 27.7 Å². The van der Waals surface area contributed by atoms with Crippen LogP contribution in [-0.4, -0.2) is 51.4 Å². The van der Waals surface area contributed by atoms with E-state index in [-0.39, 0.29) is 23.3 Å². The van der Waals surface area contributed by atoms with Crippen molar-refractivity contribution in [2.75, 3.05) is 24.5 Å². The molecule has 2 amide bonds. The van der Waals surface area contributed by atoms with Gasteiger partial charge in [-0.2, -0.15) is 0 Å². The molecule has 1 atom stereocenters. The second kappa shape index (κ2) is 14.8. The molecule has 8 nitrogen and oxygen atoms in total. The summed E-state index contributed by atoms with van der Waals surface area (Å²) in [7, 11) is -2.70. The molecule has 0 unspecified atom stereocenters. The van der Waals surface area contributed by atoms with Crippen molar-refractivity contribution in [2.24, 2.45) is 5.92 Å². The summed E-state index contributed by atoms with van der Waals surface area (Å²) in [4.78, 5) is 28.8. The second-order valence-corrected chi connectivity index (χ2v) is 13.0. The van der Waals surface area contributed by atoms with E-state index < -0.39 is 28.5 Å². The molecule has 42 heavy (non-hydrogen) atoms. The van der Waals surface area contributed by atoms with Gasteiger partial charge in [0.15, 0.2) is 0 Å². The Labute approximate surface area is 258 Å². The summed E-state index contributed by atoms with van der Waals surface area (Å²) in [6.07, 6.45) is 0.312. The third-order valence-corrected chi connectivity index (χ3v) is 9.18. The number of ether oxygens (including phenoxy) is 1. The summed E-state index contributed by atoms with van der Waals surface area (Å²) in [5.74, 6) is -0.167. The molecule has 0 aliphatic carbocycles. The Bertz CT molecular complexity index is 1480. The van der Waals surface area contributed by atoms with Crippen LogP contribution >= 0.6 is 23.2 Å². The van der Waals surface area contributed by atoms with E-state index in [2.05, 4.69) is 5.32 Å². The third kappa shape index (κ3) is 8.40. The van der Waals surface area contributed by atoms with Crippen LogP contribution in [0.15, 0.2) is 71.6 Å². The first-order chi connectivity index (χ1) is 19.9. The fraction of sp³-hybridized carbons (Fsp3) is 0.355. The quantitative estimate of drug-likeness (QED) is 0.246. The van der Waals surface area contributed by atoms with E-state index >= 15 is 0 Å². The van der Waals surface area contributed by atoms with Gasteiger partial charge < -0.3 is 15.0 Å². The van der Waals surface area contributed by atoms with E-state index in [0.29, 0.717) is 40.0 Å². The SMILES string of the molecule is CC[C@H](C(=O)NCC(C)C)N(Cc1ccc(Cl)c(Cl)c1)C(=O)CN(c1ccc(C)cc1)S(=O)(=O)c1ccc(OC)cc1. The van der Waals surface area contributed by atoms with Gasteiger partial charge in [-0.15, -0.1) is 0 Å². The Morgan fingerprint density at radius 2 is 1.60 bits per heavy atom. The average molecular weight is 635 g/mol. The van der Waals surface area contributed by atoms with E-state index in [9.17, 15) is 18.0 Å². The van der Waals surface area contributed by atoms with Crippen LogP contribution in [-0.2, 0) is 26.2 Å². The molecule has 0 bridgehead atoms. The predicted octanol–water partition coefficient (Wildman–Crippen LogP) is 6.09. The molecule has 3 aromatic rings. The maximum Gasteiger partial charge on any atom is 0.264 e. The molecule has 0 aromatic heterocycles. The molecule has 0 spiro atoms. The number of nitrogens with one attached hydrogen (secondary N) is 1. The summed E-state index contributed by atoms with van der Waals surface area (Å²) in [6, 6.07) is 16.9. The first-order valence-electron chi connectivity index (χ1n) is 13.6. The van der Waals surface area contributed by atoms with Crippen molar-refractivity contribution in [2.45, 2.75) is 51.6 Å². The van der Waals surface area contributed by atoms with Crippen LogP contribution in [0.3, 0.4) is 0 Å². The van der Waals surface area contributed by atoms with Crippen molar-refractivity contribution in [3.8, 4) is 5.75 Å². The van der Waals surface area contributed by atoms with Gasteiger partial charge in [0.2, 0.25) is 11.8 Å². The number of halogens is 2. The molecule has 0 fully saturated rings. The third-order valence-electron chi connectivity index (χ3n) is 6.66. The number of benzene rings is 3. The summed E-state index contributed by atoms with van der Waals surface area (Å²) >= 11 is 12.4. The van der Waals surface area contributed by atoms with Crippen molar-refractivity contribution in [3.05, 3.63) is 87.9 Å². The molecule has 11 heteroatoms. The number of hydrogen-bond donors (Lipinski definition) is 1. The highest BCUT2D eigenvalue weighted by atomic mass is 35.5. The molecule has 3 rings (SSSR count). The zero-order valence-electron chi connectivity index (χ0n) is 24.4. The summed E-state index contributed by atoms with van der Waals surface area (Å²) in [5, 5.41) is 3.57. The van der Waals surface area contributed by atoms with Gasteiger partial charge in [-0.05, 0) is 73.4 Å². The molecule has 0 heterocycles. The summed E-state index contributed by atoms with van der Waals surface area (Å²) < 4.78 is 34.2. The normalized spacial score (nSPS) is 12.1. The zero-order valence-corrected chi connectivity index (χ0v) is 26.8. The van der Waals surface area contributed by atoms with Crippen molar-refractivity contribution < 1.29 is 22.7 Å². The second-order valence-electron chi connectivity index (χ2n) is 10.4. The van der Waals surface area contributed by atoms with E-state index in [1.165, 1.54) is 24.1 Å². The van der Waals surface area contributed by atoms with Gasteiger partial charge >= 0.3 is 0 Å². The number of carbonyl (C=O) groups excluding carboxylic acids is 2. The van der Waals surface area contributed by atoms with Crippen LogP contribution < -0.4 is 14.4 Å². The van der Waals surface area contributed by atoms with E-state index in [4.69, 9.17) is 27.9 Å². The van der Waals surface area contributed by atoms with Gasteiger partial charge in [-0.25, -0.2) is 8.42 Å². The largest absolute Gasteiger partial charge is 0.497 e. The number of anilines is 1. The zero-order chi connectivity index (χ0) is 31.0. The van der Waals surface area contributed by atoms with E-state index in [1.54, 1.807) is 61.5 Å². The molecule has 0 aliphatic heterocycles. The molecule has 0 saturated carbocycles. The van der Waals surface area contributed by atoms with Gasteiger partial charge in [-0.1, -0.05) is 67.7 Å². The van der Waals surface area contributed by atoms with Crippen LogP contribution in [0, 0.1) is 12.8 Å². The molecule has 0 saturated heterocycles. The monoisotopic (exact) mass is 633 g/mol. The van der Waals surface area contributed by atoms with Crippen molar-refractivity contribution in [3.63, 3.8) is 0 Å². The summed E-state index contributed by atoms with van der Waals surface area (Å²) in [6.45, 7) is 7.57. The number of rotatable bonds is 13. The molecule has 0 aliphatic rings. The van der Waals surface area contributed by atoms with Crippen LogP contribution in [0.1, 0.15) is 38.3 Å². The molecular formula is C31H37Cl2N3O5S. The van der Waals surface area contributed by atoms with Crippen molar-refractivity contribution in [1.82, 2.24) is 10.2 Å². The van der Waals surface area contributed by atoms with Crippen LogP contribution in [0.4, 0.5) is 5.69 Å². The number of methoxy groups -OCH3 is 1. The summed E-state index contributed by atoms with van der Waals surface area (Å²) in [5.41, 5.74) is 1.89. The van der Waals surface area contributed by atoms with Crippen LogP contribution in [0.2, 0.25) is 10.0 Å². The molecule has 226 valence electrons. The molecular weight excluding hydrogens is 597 g/mol. The molecule has 3 aromatic carbocycles. The Morgan fingerprint density at radius 3 is 2.14 bits per heavy atom. The fourth-order valence-corrected chi connectivity index (χ4v) is 6.03. The highest BCUT2D eigenvalue weighted by molar-refractivity contribution is 7.92. The van der Waals surface area contributed by atoms with E-state index in [0.717, 1.165) is 9.87 Å². The van der Waals surface area contributed by atoms with E-state index in [1.807, 2.05) is 20.8 Å². The highest BCUT2D eigenvalue weighted by Crippen LogP contribution is 2.27. The lowest BCUT2D eigenvalue weighted by molar-refractivity contribution is -0.140. The first-order valence-corrected chi connectivity index (χ1v) is 15.8. The van der Waals surface area contributed by atoms with Crippen LogP contribution in [0.5, 0.6) is 5.75 Å². The molecule has 0 radical (unpaired) electrons. The number of hydrogen-bond acceptors (Lipinski definition) is 5. The van der Waals surface area contributed by atoms with Crippen molar-refractivity contribution >= 4 is 50.7 Å². The highest BCUT2D eigenvalue weighted by Gasteiger charge is 2.33. The Morgan fingerprint density at radius 1 is 0.952 bits per heavy atom. The number of sulfonamides is 1. The van der Waals surface area contributed by atoms with Gasteiger partial charge in [-0.3, -0.25) is 13.9 Å². The lowest BCUT2D eigenvalue weighted by atomic mass is 10.1. The smallest absolute Gasteiger partial charge is 0.264 e. The fourth-order valence-electron chi connectivity index (χ4n) is 4.29. The average Bonchev–Trinajstić information content (AvgIpc) is 2.96. The maximum atomic E-state index is 14.1. The Hall–Kier alpha value is -3.27. The Kier molecular flexibility index (Phi) is 11.7. The van der Waals surface area contributed by atoms with Crippen LogP contribution in [0.25, 0.3) is 0 Å². The van der Waals surface area contributed by atoms with Gasteiger partial charge in [0.25, 0.3) is 10.0 Å². The topological polar surface area (TPSA) is 96.0 Å². The van der Waals surface area contributed by atoms with Gasteiger partial charge in [0, 0.05) is 13.1 Å². The minimum absolute atomic E-state index is 0.00516. The number of amides is 2.